The maximum Gasteiger partial charge on any atom is 0.270 e. The molecule has 0 radical (unpaired) electrons. The SMILES string of the molecule is COc1ccc(N2CCN(C(=O)c3[nH]c4ccc(Br)cc4c3C)CC2)cc1. The molecule has 1 N–H and O–H groups in total. The Balaban J connectivity index is 1.47. The highest BCUT2D eigenvalue weighted by Crippen LogP contribution is 2.27. The van der Waals surface area contributed by atoms with E-state index in [1.165, 1.54) is 0 Å². The monoisotopic (exact) mass is 427 g/mol. The van der Waals surface area contributed by atoms with E-state index in [9.17, 15) is 4.79 Å². The summed E-state index contributed by atoms with van der Waals surface area (Å²) in [4.78, 5) is 20.6. The van der Waals surface area contributed by atoms with Crippen molar-refractivity contribution in [3.63, 3.8) is 0 Å². The summed E-state index contributed by atoms with van der Waals surface area (Å²) in [6.07, 6.45) is 0. The number of carbonyl (C=O) groups is 1. The molecule has 6 heteroatoms. The van der Waals surface area contributed by atoms with Crippen LogP contribution in [0.5, 0.6) is 5.75 Å². The number of anilines is 1. The van der Waals surface area contributed by atoms with Crippen molar-refractivity contribution >= 4 is 38.4 Å². The van der Waals surface area contributed by atoms with Gasteiger partial charge in [0.15, 0.2) is 0 Å². The fourth-order valence-corrected chi connectivity index (χ4v) is 3.99. The Bertz CT molecular complexity index is 973. The minimum absolute atomic E-state index is 0.0780. The van der Waals surface area contributed by atoms with Gasteiger partial charge < -0.3 is 19.5 Å². The number of aryl methyl sites for hydroxylation is 1. The largest absolute Gasteiger partial charge is 0.497 e. The molecular weight excluding hydrogens is 406 g/mol. The Kier molecular flexibility index (Phi) is 4.83. The molecule has 1 saturated heterocycles. The first-order valence-corrected chi connectivity index (χ1v) is 9.82. The highest BCUT2D eigenvalue weighted by Gasteiger charge is 2.25. The molecule has 140 valence electrons. The van der Waals surface area contributed by atoms with Gasteiger partial charge in [-0.25, -0.2) is 0 Å². The van der Waals surface area contributed by atoms with Crippen LogP contribution in [0.2, 0.25) is 0 Å². The summed E-state index contributed by atoms with van der Waals surface area (Å²) in [6.45, 7) is 5.07. The molecule has 27 heavy (non-hydrogen) atoms. The summed E-state index contributed by atoms with van der Waals surface area (Å²) >= 11 is 3.50. The molecule has 5 nitrogen and oxygen atoms in total. The maximum absolute atomic E-state index is 13.0. The number of H-pyrrole nitrogens is 1. The standard InChI is InChI=1S/C21H22BrN3O2/c1-14-18-13-15(22)3-8-19(18)23-20(14)21(26)25-11-9-24(10-12-25)16-4-6-17(27-2)7-5-16/h3-8,13,23H,9-12H2,1-2H3. The van der Waals surface area contributed by atoms with Crippen molar-refractivity contribution in [3.8, 4) is 5.75 Å². The molecule has 3 aromatic rings. The first-order valence-electron chi connectivity index (χ1n) is 9.03. The van der Waals surface area contributed by atoms with E-state index in [-0.39, 0.29) is 5.91 Å². The van der Waals surface area contributed by atoms with Crippen molar-refractivity contribution in [1.29, 1.82) is 0 Å². The molecule has 1 amide bonds. The Hall–Kier alpha value is -2.47. The molecule has 0 saturated carbocycles. The first-order chi connectivity index (χ1) is 13.1. The predicted molar refractivity (Wildman–Crippen MR) is 112 cm³/mol. The summed E-state index contributed by atoms with van der Waals surface area (Å²) in [6, 6.07) is 14.1. The lowest BCUT2D eigenvalue weighted by Gasteiger charge is -2.36. The van der Waals surface area contributed by atoms with Gasteiger partial charge in [-0.05, 0) is 55.0 Å². The normalized spacial score (nSPS) is 14.6. The van der Waals surface area contributed by atoms with Crippen LogP contribution in [-0.2, 0) is 0 Å². The van der Waals surface area contributed by atoms with Crippen molar-refractivity contribution in [2.45, 2.75) is 6.92 Å². The summed E-state index contributed by atoms with van der Waals surface area (Å²) in [7, 11) is 1.67. The minimum Gasteiger partial charge on any atom is -0.497 e. The Morgan fingerprint density at radius 2 is 1.78 bits per heavy atom. The number of aromatic amines is 1. The molecule has 0 unspecified atom stereocenters. The van der Waals surface area contributed by atoms with E-state index in [4.69, 9.17) is 4.74 Å². The van der Waals surface area contributed by atoms with Crippen LogP contribution in [-0.4, -0.2) is 49.1 Å². The van der Waals surface area contributed by atoms with E-state index in [0.29, 0.717) is 18.8 Å². The lowest BCUT2D eigenvalue weighted by atomic mass is 10.1. The van der Waals surface area contributed by atoms with Crippen molar-refractivity contribution in [1.82, 2.24) is 9.88 Å². The van der Waals surface area contributed by atoms with Crippen LogP contribution < -0.4 is 9.64 Å². The Morgan fingerprint density at radius 3 is 2.44 bits per heavy atom. The highest BCUT2D eigenvalue weighted by atomic mass is 79.9. The van der Waals surface area contributed by atoms with E-state index < -0.39 is 0 Å². The van der Waals surface area contributed by atoms with Crippen LogP contribution in [0.15, 0.2) is 46.9 Å². The number of benzene rings is 2. The number of methoxy groups -OCH3 is 1. The van der Waals surface area contributed by atoms with Crippen LogP contribution in [0.4, 0.5) is 5.69 Å². The van der Waals surface area contributed by atoms with E-state index in [0.717, 1.165) is 45.5 Å². The Labute approximate surface area is 167 Å². The topological polar surface area (TPSA) is 48.6 Å². The number of rotatable bonds is 3. The molecular formula is C21H22BrN3O2. The minimum atomic E-state index is 0.0780. The number of nitrogens with one attached hydrogen (secondary N) is 1. The number of ether oxygens (including phenoxy) is 1. The molecule has 2 aromatic carbocycles. The van der Waals surface area contributed by atoms with Gasteiger partial charge in [0.1, 0.15) is 11.4 Å². The van der Waals surface area contributed by atoms with Crippen LogP contribution in [0, 0.1) is 6.92 Å². The number of hydrogen-bond donors (Lipinski definition) is 1. The van der Waals surface area contributed by atoms with Gasteiger partial charge in [-0.2, -0.15) is 0 Å². The molecule has 1 fully saturated rings. The van der Waals surface area contributed by atoms with Gasteiger partial charge in [0.2, 0.25) is 0 Å². The zero-order chi connectivity index (χ0) is 19.0. The van der Waals surface area contributed by atoms with Gasteiger partial charge in [0.25, 0.3) is 5.91 Å². The summed E-state index contributed by atoms with van der Waals surface area (Å²) in [5.74, 6) is 0.933. The molecule has 1 aromatic heterocycles. The number of carbonyl (C=O) groups excluding carboxylic acids is 1. The number of halogens is 1. The van der Waals surface area contributed by atoms with E-state index >= 15 is 0 Å². The number of aromatic nitrogens is 1. The van der Waals surface area contributed by atoms with Gasteiger partial charge >= 0.3 is 0 Å². The number of piperazine rings is 1. The quantitative estimate of drug-likeness (QED) is 0.680. The summed E-state index contributed by atoms with van der Waals surface area (Å²) in [5, 5.41) is 1.09. The van der Waals surface area contributed by atoms with Crippen molar-refractivity contribution < 1.29 is 9.53 Å². The third-order valence-electron chi connectivity index (χ3n) is 5.24. The van der Waals surface area contributed by atoms with Crippen LogP contribution in [0.3, 0.4) is 0 Å². The third kappa shape index (κ3) is 3.41. The highest BCUT2D eigenvalue weighted by molar-refractivity contribution is 9.10. The first kappa shape index (κ1) is 17.9. The van der Waals surface area contributed by atoms with Gasteiger partial charge in [-0.3, -0.25) is 4.79 Å². The van der Waals surface area contributed by atoms with E-state index in [1.54, 1.807) is 7.11 Å². The molecule has 0 atom stereocenters. The fourth-order valence-electron chi connectivity index (χ4n) is 3.63. The van der Waals surface area contributed by atoms with E-state index in [1.807, 2.05) is 36.1 Å². The molecule has 4 rings (SSSR count). The van der Waals surface area contributed by atoms with Gasteiger partial charge in [-0.15, -0.1) is 0 Å². The van der Waals surface area contributed by atoms with Crippen LogP contribution >= 0.6 is 15.9 Å². The molecule has 1 aliphatic heterocycles. The molecule has 0 bridgehead atoms. The van der Waals surface area contributed by atoms with Crippen LogP contribution in [0.1, 0.15) is 16.1 Å². The van der Waals surface area contributed by atoms with Crippen LogP contribution in [0.25, 0.3) is 10.9 Å². The number of amides is 1. The maximum atomic E-state index is 13.0. The molecule has 0 spiro atoms. The number of hydrogen-bond acceptors (Lipinski definition) is 3. The molecule has 2 heterocycles. The molecule has 1 aliphatic rings. The number of nitrogens with zero attached hydrogens (tertiary/aromatic N) is 2. The second-order valence-electron chi connectivity index (χ2n) is 6.79. The Morgan fingerprint density at radius 1 is 1.07 bits per heavy atom. The van der Waals surface area contributed by atoms with Gasteiger partial charge in [0, 0.05) is 47.2 Å². The number of fused-ring (bicyclic) bond motifs is 1. The average Bonchev–Trinajstić information content (AvgIpc) is 3.04. The smallest absolute Gasteiger partial charge is 0.270 e. The molecule has 0 aliphatic carbocycles. The van der Waals surface area contributed by atoms with Crippen molar-refractivity contribution in [2.24, 2.45) is 0 Å². The van der Waals surface area contributed by atoms with Crippen molar-refractivity contribution in [2.75, 3.05) is 38.2 Å². The second kappa shape index (κ2) is 7.27. The summed E-state index contributed by atoms with van der Waals surface area (Å²) < 4.78 is 6.24. The third-order valence-corrected chi connectivity index (χ3v) is 5.73. The van der Waals surface area contributed by atoms with Crippen molar-refractivity contribution in [3.05, 3.63) is 58.2 Å². The summed E-state index contributed by atoms with van der Waals surface area (Å²) in [5.41, 5.74) is 3.86. The second-order valence-corrected chi connectivity index (χ2v) is 7.71. The van der Waals surface area contributed by atoms with Gasteiger partial charge in [-0.1, -0.05) is 15.9 Å². The lowest BCUT2D eigenvalue weighted by molar-refractivity contribution is 0.0741. The van der Waals surface area contributed by atoms with Gasteiger partial charge in [0.05, 0.1) is 7.11 Å². The lowest BCUT2D eigenvalue weighted by Crippen LogP contribution is -2.49. The average molecular weight is 428 g/mol. The van der Waals surface area contributed by atoms with E-state index in [2.05, 4.69) is 44.0 Å². The zero-order valence-electron chi connectivity index (χ0n) is 15.5. The fraction of sp³-hybridized carbons (Fsp3) is 0.286. The predicted octanol–water partition coefficient (Wildman–Crippen LogP) is 4.21. The zero-order valence-corrected chi connectivity index (χ0v) is 17.0.